The van der Waals surface area contributed by atoms with Crippen molar-refractivity contribution in [3.8, 4) is 5.88 Å². The summed E-state index contributed by atoms with van der Waals surface area (Å²) in [5, 5.41) is 4.10. The molecule has 4 heteroatoms. The van der Waals surface area contributed by atoms with E-state index in [2.05, 4.69) is 50.0 Å². The lowest BCUT2D eigenvalue weighted by Crippen LogP contribution is -2.04. The molecule has 0 N–H and O–H groups in total. The van der Waals surface area contributed by atoms with E-state index in [0.717, 1.165) is 12.8 Å². The highest BCUT2D eigenvalue weighted by Gasteiger charge is 2.07. The van der Waals surface area contributed by atoms with E-state index in [-0.39, 0.29) is 0 Å². The Balaban J connectivity index is 2.17. The number of benzene rings is 1. The third-order valence-electron chi connectivity index (χ3n) is 3.05. The Morgan fingerprint density at radius 3 is 2.33 bits per heavy atom. The summed E-state index contributed by atoms with van der Waals surface area (Å²) < 4.78 is 7.16. The first-order valence-electron chi connectivity index (χ1n) is 6.22. The van der Waals surface area contributed by atoms with Crippen LogP contribution in [0.25, 0.3) is 0 Å². The summed E-state index contributed by atoms with van der Waals surface area (Å²) >= 11 is 4.09. The number of rotatable bonds is 5. The van der Waals surface area contributed by atoms with Gasteiger partial charge in [0.05, 0.1) is 0 Å². The third kappa shape index (κ3) is 2.88. The van der Waals surface area contributed by atoms with Crippen molar-refractivity contribution in [3.05, 3.63) is 47.2 Å². The monoisotopic (exact) mass is 262 g/mol. The molecule has 1 heterocycles. The minimum Gasteiger partial charge on any atom is -0.472 e. The molecule has 2 rings (SSSR count). The summed E-state index contributed by atoms with van der Waals surface area (Å²) in [6, 6.07) is 8.25. The highest BCUT2D eigenvalue weighted by molar-refractivity contribution is 7.78. The molecule has 0 aliphatic rings. The predicted molar refractivity (Wildman–Crippen MR) is 76.1 cm³/mol. The maximum atomic E-state index is 5.72. The van der Waals surface area contributed by atoms with Crippen LogP contribution in [-0.4, -0.2) is 9.19 Å². The fraction of sp³-hybridized carbons (Fsp3) is 0.357. The molecule has 96 valence electrons. The van der Waals surface area contributed by atoms with Crippen LogP contribution in [0.4, 0.5) is 0 Å². The van der Waals surface area contributed by atoms with Gasteiger partial charge in [0.1, 0.15) is 6.61 Å². The van der Waals surface area contributed by atoms with Gasteiger partial charge in [-0.25, -0.2) is 4.09 Å². The lowest BCUT2D eigenvalue weighted by molar-refractivity contribution is 0.290. The Bertz CT molecular complexity index is 500. The average Bonchev–Trinajstić information content (AvgIpc) is 2.81. The maximum absolute atomic E-state index is 5.72. The minimum atomic E-state index is 0.567. The van der Waals surface area contributed by atoms with Crippen LogP contribution in [0.3, 0.4) is 0 Å². The van der Waals surface area contributed by atoms with Gasteiger partial charge >= 0.3 is 0 Å². The molecule has 0 spiro atoms. The van der Waals surface area contributed by atoms with Crippen LogP contribution in [0, 0.1) is 0 Å². The Morgan fingerprint density at radius 2 is 1.83 bits per heavy atom. The quantitative estimate of drug-likeness (QED) is 0.837. The van der Waals surface area contributed by atoms with Gasteiger partial charge in [0.2, 0.25) is 5.88 Å². The van der Waals surface area contributed by atoms with E-state index in [0.29, 0.717) is 12.5 Å². The fourth-order valence-electron chi connectivity index (χ4n) is 2.06. The molecule has 0 radical (unpaired) electrons. The zero-order valence-electron chi connectivity index (χ0n) is 10.8. The van der Waals surface area contributed by atoms with Crippen molar-refractivity contribution in [2.75, 3.05) is 0 Å². The van der Waals surface area contributed by atoms with Gasteiger partial charge in [0, 0.05) is 12.3 Å². The minimum absolute atomic E-state index is 0.567. The van der Waals surface area contributed by atoms with Crippen molar-refractivity contribution in [3.63, 3.8) is 0 Å². The molecule has 2 aromatic rings. The van der Waals surface area contributed by atoms with E-state index in [1.807, 2.05) is 6.07 Å². The van der Waals surface area contributed by atoms with Gasteiger partial charge in [-0.05, 0) is 42.3 Å². The molecule has 1 aromatic heterocycles. The van der Waals surface area contributed by atoms with Crippen molar-refractivity contribution >= 4 is 12.8 Å². The molecule has 0 aliphatic heterocycles. The number of hydrogen-bond acceptors (Lipinski definition) is 3. The van der Waals surface area contributed by atoms with Crippen LogP contribution < -0.4 is 4.74 Å². The summed E-state index contributed by atoms with van der Waals surface area (Å²) in [6.45, 7) is 4.90. The van der Waals surface area contributed by atoms with Gasteiger partial charge in [0.25, 0.3) is 0 Å². The standard InChI is InChI=1S/C14H18N2OS/c1-3-11-6-5-7-12(4-2)13(11)10-17-14-8-9-16(18)15-14/h5-9,18H,3-4,10H2,1-2H3. The molecular formula is C14H18N2OS. The number of aromatic nitrogens is 2. The number of nitrogens with zero attached hydrogens (tertiary/aromatic N) is 2. The lowest BCUT2D eigenvalue weighted by Gasteiger charge is -2.13. The summed E-state index contributed by atoms with van der Waals surface area (Å²) in [4.78, 5) is 0. The van der Waals surface area contributed by atoms with Crippen LogP contribution in [0.1, 0.15) is 30.5 Å². The zero-order valence-corrected chi connectivity index (χ0v) is 11.7. The molecule has 0 aliphatic carbocycles. The Labute approximate surface area is 113 Å². The van der Waals surface area contributed by atoms with E-state index in [1.165, 1.54) is 20.8 Å². The molecule has 0 saturated carbocycles. The molecule has 3 nitrogen and oxygen atoms in total. The number of hydrogen-bond donors (Lipinski definition) is 1. The topological polar surface area (TPSA) is 27.1 Å². The van der Waals surface area contributed by atoms with Crippen molar-refractivity contribution < 1.29 is 4.74 Å². The van der Waals surface area contributed by atoms with Crippen LogP contribution in [0.5, 0.6) is 5.88 Å². The Hall–Kier alpha value is -1.42. The predicted octanol–water partition coefficient (Wildman–Crippen LogP) is 3.28. The SMILES string of the molecule is CCc1cccc(CC)c1COc1ccn(S)n1. The van der Waals surface area contributed by atoms with Crippen molar-refractivity contribution in [1.82, 2.24) is 9.19 Å². The van der Waals surface area contributed by atoms with Gasteiger partial charge in [-0.2, -0.15) is 0 Å². The smallest absolute Gasteiger partial charge is 0.234 e. The first-order valence-corrected chi connectivity index (χ1v) is 6.62. The van der Waals surface area contributed by atoms with Gasteiger partial charge in [0.15, 0.2) is 0 Å². The van der Waals surface area contributed by atoms with E-state index in [1.54, 1.807) is 6.20 Å². The lowest BCUT2D eigenvalue weighted by atomic mass is 9.98. The number of thiol groups is 1. The Kier molecular flexibility index (Phi) is 4.31. The highest BCUT2D eigenvalue weighted by atomic mass is 32.1. The number of aryl methyl sites for hydroxylation is 2. The first-order chi connectivity index (χ1) is 8.74. The molecule has 0 atom stereocenters. The Morgan fingerprint density at radius 1 is 1.17 bits per heavy atom. The largest absolute Gasteiger partial charge is 0.472 e. The van der Waals surface area contributed by atoms with Crippen LogP contribution in [-0.2, 0) is 19.4 Å². The van der Waals surface area contributed by atoms with Crippen LogP contribution in [0.2, 0.25) is 0 Å². The van der Waals surface area contributed by atoms with Crippen LogP contribution >= 0.6 is 12.8 Å². The highest BCUT2D eigenvalue weighted by Crippen LogP contribution is 2.19. The van der Waals surface area contributed by atoms with E-state index in [9.17, 15) is 0 Å². The number of ether oxygens (including phenoxy) is 1. The average molecular weight is 262 g/mol. The second-order valence-corrected chi connectivity index (χ2v) is 4.53. The van der Waals surface area contributed by atoms with Gasteiger partial charge in [-0.3, -0.25) is 0 Å². The molecule has 0 amide bonds. The van der Waals surface area contributed by atoms with E-state index < -0.39 is 0 Å². The molecular weight excluding hydrogens is 244 g/mol. The first kappa shape index (κ1) is 13.0. The summed E-state index contributed by atoms with van der Waals surface area (Å²) in [7, 11) is 0. The van der Waals surface area contributed by atoms with Gasteiger partial charge < -0.3 is 4.74 Å². The van der Waals surface area contributed by atoms with Crippen LogP contribution in [0.15, 0.2) is 30.5 Å². The zero-order chi connectivity index (χ0) is 13.0. The summed E-state index contributed by atoms with van der Waals surface area (Å²) in [5.74, 6) is 0.609. The second-order valence-electron chi connectivity index (χ2n) is 4.12. The summed E-state index contributed by atoms with van der Waals surface area (Å²) in [5.41, 5.74) is 3.98. The van der Waals surface area contributed by atoms with E-state index >= 15 is 0 Å². The molecule has 18 heavy (non-hydrogen) atoms. The van der Waals surface area contributed by atoms with Gasteiger partial charge in [-0.15, -0.1) is 5.10 Å². The third-order valence-corrected chi connectivity index (χ3v) is 3.27. The molecule has 0 bridgehead atoms. The molecule has 1 aromatic carbocycles. The molecule has 0 fully saturated rings. The van der Waals surface area contributed by atoms with Crippen molar-refractivity contribution in [2.45, 2.75) is 33.3 Å². The van der Waals surface area contributed by atoms with Crippen molar-refractivity contribution in [2.24, 2.45) is 0 Å². The molecule has 0 unspecified atom stereocenters. The van der Waals surface area contributed by atoms with Crippen molar-refractivity contribution in [1.29, 1.82) is 0 Å². The molecule has 0 saturated heterocycles. The normalized spacial score (nSPS) is 10.6. The fourth-order valence-corrected chi connectivity index (χ4v) is 2.21. The maximum Gasteiger partial charge on any atom is 0.234 e. The second kappa shape index (κ2) is 5.96. The summed E-state index contributed by atoms with van der Waals surface area (Å²) in [6.07, 6.45) is 3.80. The van der Waals surface area contributed by atoms with Gasteiger partial charge in [-0.1, -0.05) is 32.0 Å². The van der Waals surface area contributed by atoms with E-state index in [4.69, 9.17) is 4.74 Å².